The summed E-state index contributed by atoms with van der Waals surface area (Å²) in [5.74, 6) is -0.102. The molecule has 0 aliphatic rings. The molecule has 0 fully saturated rings. The van der Waals surface area contributed by atoms with Crippen molar-refractivity contribution in [2.24, 2.45) is 0 Å². The van der Waals surface area contributed by atoms with E-state index < -0.39 is 0 Å². The van der Waals surface area contributed by atoms with E-state index in [0.717, 1.165) is 12.8 Å². The van der Waals surface area contributed by atoms with Gasteiger partial charge < -0.3 is 5.32 Å². The minimum absolute atomic E-state index is 0.0995. The first kappa shape index (κ1) is 13.5. The third-order valence-corrected chi connectivity index (χ3v) is 2.92. The van der Waals surface area contributed by atoms with Gasteiger partial charge in [0.25, 0.3) is 0 Å². The molecule has 0 saturated heterocycles. The zero-order valence-corrected chi connectivity index (χ0v) is 10.8. The number of nitrogens with one attached hydrogen (secondary N) is 1. The number of carbonyl (C=O) groups is 1. The van der Waals surface area contributed by atoms with Crippen LogP contribution in [0.25, 0.3) is 0 Å². The molecule has 1 aromatic rings. The van der Waals surface area contributed by atoms with Gasteiger partial charge in [-0.3, -0.25) is 13.9 Å². The van der Waals surface area contributed by atoms with Crippen LogP contribution < -0.4 is 11.0 Å². The van der Waals surface area contributed by atoms with E-state index in [1.54, 1.807) is 17.0 Å². The zero-order valence-electron chi connectivity index (χ0n) is 10.8. The predicted molar refractivity (Wildman–Crippen MR) is 66.9 cm³/mol. The highest BCUT2D eigenvalue weighted by Gasteiger charge is 2.10. The highest BCUT2D eigenvalue weighted by atomic mass is 16.2. The maximum atomic E-state index is 11.7. The topological polar surface area (TPSA) is 56.0 Å². The molecule has 1 N–H and O–H groups in total. The maximum absolute atomic E-state index is 11.7. The molecule has 1 amide bonds. The van der Waals surface area contributed by atoms with Gasteiger partial charge in [0, 0.05) is 25.0 Å². The Hall–Kier alpha value is -1.52. The van der Waals surface area contributed by atoms with E-state index in [9.17, 15) is 9.59 Å². The smallest absolute Gasteiger partial charge is 0.328 e. The Kier molecular flexibility index (Phi) is 5.00. The molecule has 17 heavy (non-hydrogen) atoms. The van der Waals surface area contributed by atoms with Gasteiger partial charge in [0.2, 0.25) is 5.91 Å². The molecule has 1 aromatic heterocycles. The first-order valence-corrected chi connectivity index (χ1v) is 6.17. The Labute approximate surface area is 101 Å². The molecule has 1 heterocycles. The van der Waals surface area contributed by atoms with Gasteiger partial charge in [0.05, 0.1) is 0 Å². The summed E-state index contributed by atoms with van der Waals surface area (Å²) in [7, 11) is 0. The molecule has 0 spiro atoms. The van der Waals surface area contributed by atoms with Crippen LogP contribution in [0.4, 0.5) is 0 Å². The summed E-state index contributed by atoms with van der Waals surface area (Å²) in [5, 5.41) is 2.91. The number of hydrogen-bond acceptors (Lipinski definition) is 2. The molecule has 0 radical (unpaired) electrons. The van der Waals surface area contributed by atoms with Crippen LogP contribution in [0.5, 0.6) is 0 Å². The molecule has 5 heteroatoms. The third kappa shape index (κ3) is 3.47. The van der Waals surface area contributed by atoms with Crippen molar-refractivity contribution in [1.82, 2.24) is 14.5 Å². The Morgan fingerprint density at radius 1 is 1.24 bits per heavy atom. The average molecular weight is 239 g/mol. The van der Waals surface area contributed by atoms with Crippen molar-refractivity contribution in [2.75, 3.05) is 0 Å². The van der Waals surface area contributed by atoms with Crippen LogP contribution in [0.3, 0.4) is 0 Å². The van der Waals surface area contributed by atoms with Gasteiger partial charge in [-0.15, -0.1) is 0 Å². The van der Waals surface area contributed by atoms with Crippen molar-refractivity contribution in [1.29, 1.82) is 0 Å². The van der Waals surface area contributed by atoms with E-state index in [1.807, 2.05) is 20.8 Å². The van der Waals surface area contributed by atoms with Gasteiger partial charge >= 0.3 is 5.69 Å². The van der Waals surface area contributed by atoms with Crippen LogP contribution in [0.2, 0.25) is 0 Å². The highest BCUT2D eigenvalue weighted by Crippen LogP contribution is 1.96. The van der Waals surface area contributed by atoms with Gasteiger partial charge in [-0.2, -0.15) is 0 Å². The van der Waals surface area contributed by atoms with E-state index in [2.05, 4.69) is 5.32 Å². The molecule has 0 saturated carbocycles. The van der Waals surface area contributed by atoms with Gasteiger partial charge in [0.1, 0.15) is 6.54 Å². The molecule has 0 aromatic carbocycles. The number of aromatic nitrogens is 2. The zero-order chi connectivity index (χ0) is 12.8. The summed E-state index contributed by atoms with van der Waals surface area (Å²) < 4.78 is 3.01. The van der Waals surface area contributed by atoms with E-state index in [-0.39, 0.29) is 24.2 Å². The fourth-order valence-corrected chi connectivity index (χ4v) is 1.74. The lowest BCUT2D eigenvalue weighted by Crippen LogP contribution is -2.38. The second-order valence-corrected chi connectivity index (χ2v) is 4.08. The standard InChI is InChI=1S/C12H21N3O2/c1-4-10(5-2)13-11(16)9-15-8-7-14(6-3)12(15)17/h7-8,10H,4-6,9H2,1-3H3,(H,13,16). The van der Waals surface area contributed by atoms with Crippen molar-refractivity contribution < 1.29 is 4.79 Å². The number of nitrogens with zero attached hydrogens (tertiary/aromatic N) is 2. The number of carbonyl (C=O) groups excluding carboxylic acids is 1. The van der Waals surface area contributed by atoms with E-state index in [0.29, 0.717) is 6.54 Å². The van der Waals surface area contributed by atoms with Crippen molar-refractivity contribution in [2.45, 2.75) is 52.7 Å². The third-order valence-electron chi connectivity index (χ3n) is 2.92. The number of imidazole rings is 1. The van der Waals surface area contributed by atoms with Gasteiger partial charge in [-0.25, -0.2) is 4.79 Å². The lowest BCUT2D eigenvalue weighted by molar-refractivity contribution is -0.122. The summed E-state index contributed by atoms with van der Waals surface area (Å²) in [6, 6.07) is 0.200. The molecule has 0 aliphatic carbocycles. The van der Waals surface area contributed by atoms with Crippen LogP contribution in [0, 0.1) is 0 Å². The summed E-state index contributed by atoms with van der Waals surface area (Å²) in [6.07, 6.45) is 5.17. The monoisotopic (exact) mass is 239 g/mol. The minimum Gasteiger partial charge on any atom is -0.352 e. The largest absolute Gasteiger partial charge is 0.352 e. The van der Waals surface area contributed by atoms with Crippen LogP contribution in [-0.2, 0) is 17.9 Å². The van der Waals surface area contributed by atoms with Crippen molar-refractivity contribution in [3.8, 4) is 0 Å². The Bertz CT molecular complexity index is 416. The van der Waals surface area contributed by atoms with Crippen LogP contribution in [0.1, 0.15) is 33.6 Å². The maximum Gasteiger partial charge on any atom is 0.328 e. The first-order valence-electron chi connectivity index (χ1n) is 6.17. The number of amides is 1. The van der Waals surface area contributed by atoms with Crippen LogP contribution in [0.15, 0.2) is 17.2 Å². The second-order valence-electron chi connectivity index (χ2n) is 4.08. The fraction of sp³-hybridized carbons (Fsp3) is 0.667. The molecular formula is C12H21N3O2. The predicted octanol–water partition coefficient (Wildman–Crippen LogP) is 0.974. The normalized spacial score (nSPS) is 10.8. The molecule has 0 unspecified atom stereocenters. The van der Waals surface area contributed by atoms with E-state index in [4.69, 9.17) is 0 Å². The first-order chi connectivity index (χ1) is 8.12. The summed E-state index contributed by atoms with van der Waals surface area (Å²) in [6.45, 7) is 6.70. The van der Waals surface area contributed by atoms with Crippen LogP contribution in [-0.4, -0.2) is 21.1 Å². The molecule has 0 aliphatic heterocycles. The number of hydrogen-bond donors (Lipinski definition) is 1. The highest BCUT2D eigenvalue weighted by molar-refractivity contribution is 5.76. The summed E-state index contributed by atoms with van der Waals surface area (Å²) in [4.78, 5) is 23.4. The average Bonchev–Trinajstić information content (AvgIpc) is 2.67. The Morgan fingerprint density at radius 3 is 2.29 bits per heavy atom. The van der Waals surface area contributed by atoms with E-state index in [1.165, 1.54) is 4.57 Å². The molecule has 0 bridgehead atoms. The lowest BCUT2D eigenvalue weighted by atomic mass is 10.2. The van der Waals surface area contributed by atoms with E-state index >= 15 is 0 Å². The SMILES string of the molecule is CCC(CC)NC(=O)Cn1ccn(CC)c1=O. The minimum atomic E-state index is -0.132. The molecule has 1 rings (SSSR count). The summed E-state index contributed by atoms with van der Waals surface area (Å²) in [5.41, 5.74) is -0.132. The van der Waals surface area contributed by atoms with Gasteiger partial charge in [0.15, 0.2) is 0 Å². The van der Waals surface area contributed by atoms with Crippen molar-refractivity contribution >= 4 is 5.91 Å². The summed E-state index contributed by atoms with van der Waals surface area (Å²) >= 11 is 0. The fourth-order valence-electron chi connectivity index (χ4n) is 1.74. The quantitative estimate of drug-likeness (QED) is 0.804. The lowest BCUT2D eigenvalue weighted by Gasteiger charge is -2.14. The second kappa shape index (κ2) is 6.27. The van der Waals surface area contributed by atoms with Gasteiger partial charge in [-0.05, 0) is 19.8 Å². The van der Waals surface area contributed by atoms with Crippen molar-refractivity contribution in [3.63, 3.8) is 0 Å². The molecule has 96 valence electrons. The Morgan fingerprint density at radius 2 is 1.82 bits per heavy atom. The number of aryl methyl sites for hydroxylation is 1. The molecular weight excluding hydrogens is 218 g/mol. The number of rotatable bonds is 6. The molecule has 0 atom stereocenters. The van der Waals surface area contributed by atoms with Crippen LogP contribution >= 0.6 is 0 Å². The molecule has 5 nitrogen and oxygen atoms in total. The van der Waals surface area contributed by atoms with Crippen molar-refractivity contribution in [3.05, 3.63) is 22.9 Å². The van der Waals surface area contributed by atoms with Gasteiger partial charge in [-0.1, -0.05) is 13.8 Å². The Balaban J connectivity index is 2.62.